The minimum absolute atomic E-state index is 0.841. The molecular formula is C12H4Br4O. The number of benzene rings is 2. The molecule has 0 atom stereocenters. The van der Waals surface area contributed by atoms with Gasteiger partial charge in [-0.05, 0) is 69.8 Å². The second kappa shape index (κ2) is 4.37. The van der Waals surface area contributed by atoms with Crippen LogP contribution in [0, 0.1) is 0 Å². The average molecular weight is 484 g/mol. The van der Waals surface area contributed by atoms with Gasteiger partial charge >= 0.3 is 0 Å². The smallest absolute Gasteiger partial charge is 0.151 e. The molecular weight excluding hydrogens is 480 g/mol. The summed E-state index contributed by atoms with van der Waals surface area (Å²) >= 11 is 14.2. The molecule has 1 heterocycles. The van der Waals surface area contributed by atoms with E-state index < -0.39 is 0 Å². The van der Waals surface area contributed by atoms with Crippen molar-refractivity contribution in [3.05, 3.63) is 42.2 Å². The average Bonchev–Trinajstić information content (AvgIpc) is 2.73. The fraction of sp³-hybridized carbons (Fsp3) is 0. The molecule has 0 aliphatic heterocycles. The van der Waals surface area contributed by atoms with E-state index in [-0.39, 0.29) is 0 Å². The van der Waals surface area contributed by atoms with Gasteiger partial charge in [0.05, 0.1) is 8.95 Å². The van der Waals surface area contributed by atoms with Crippen molar-refractivity contribution in [3.63, 3.8) is 0 Å². The first-order chi connectivity index (χ1) is 8.11. The Bertz CT molecular complexity index is 745. The van der Waals surface area contributed by atoms with Gasteiger partial charge in [0, 0.05) is 19.7 Å². The molecule has 0 amide bonds. The zero-order chi connectivity index (χ0) is 12.2. The third-order valence-corrected chi connectivity index (χ3v) is 7.32. The number of para-hydroxylation sites is 1. The SMILES string of the molecule is Brc1c(Br)c(Br)c2c(oc3ccccc32)c1Br. The number of halogens is 4. The van der Waals surface area contributed by atoms with Crippen molar-refractivity contribution in [2.75, 3.05) is 0 Å². The van der Waals surface area contributed by atoms with Gasteiger partial charge < -0.3 is 4.42 Å². The van der Waals surface area contributed by atoms with E-state index in [0.717, 1.165) is 39.8 Å². The molecule has 0 bridgehead atoms. The molecule has 86 valence electrons. The van der Waals surface area contributed by atoms with Crippen LogP contribution in [0.2, 0.25) is 0 Å². The summed E-state index contributed by atoms with van der Waals surface area (Å²) in [5.74, 6) is 0. The Morgan fingerprint density at radius 2 is 1.41 bits per heavy atom. The molecule has 2 aromatic carbocycles. The molecule has 3 rings (SSSR count). The summed E-state index contributed by atoms with van der Waals surface area (Å²) < 4.78 is 9.70. The fourth-order valence-electron chi connectivity index (χ4n) is 1.82. The molecule has 0 spiro atoms. The van der Waals surface area contributed by atoms with Gasteiger partial charge in [0.2, 0.25) is 0 Å². The molecule has 5 heteroatoms. The molecule has 0 fully saturated rings. The number of hydrogen-bond donors (Lipinski definition) is 0. The third kappa shape index (κ3) is 1.74. The Labute approximate surface area is 131 Å². The van der Waals surface area contributed by atoms with E-state index in [1.807, 2.05) is 18.2 Å². The van der Waals surface area contributed by atoms with Gasteiger partial charge in [0.25, 0.3) is 0 Å². The quantitative estimate of drug-likeness (QED) is 0.258. The maximum absolute atomic E-state index is 5.87. The Hall–Kier alpha value is 0.160. The van der Waals surface area contributed by atoms with E-state index in [1.165, 1.54) is 0 Å². The summed E-state index contributed by atoms with van der Waals surface area (Å²) in [6.07, 6.45) is 0. The maximum atomic E-state index is 5.87. The Morgan fingerprint density at radius 3 is 2.18 bits per heavy atom. The molecule has 0 aliphatic carbocycles. The van der Waals surface area contributed by atoms with E-state index in [1.54, 1.807) is 0 Å². The van der Waals surface area contributed by atoms with Gasteiger partial charge in [0.15, 0.2) is 5.58 Å². The van der Waals surface area contributed by atoms with Crippen LogP contribution in [0.1, 0.15) is 0 Å². The lowest BCUT2D eigenvalue weighted by molar-refractivity contribution is 0.666. The first-order valence-electron chi connectivity index (χ1n) is 4.74. The molecule has 3 aromatic rings. The van der Waals surface area contributed by atoms with Crippen LogP contribution in [0.3, 0.4) is 0 Å². The number of fused-ring (bicyclic) bond motifs is 3. The summed E-state index contributed by atoms with van der Waals surface area (Å²) in [6, 6.07) is 8.00. The van der Waals surface area contributed by atoms with Crippen molar-refractivity contribution in [3.8, 4) is 0 Å². The van der Waals surface area contributed by atoms with Crippen LogP contribution >= 0.6 is 63.7 Å². The first kappa shape index (κ1) is 12.2. The Kier molecular flexibility index (Phi) is 3.14. The summed E-state index contributed by atoms with van der Waals surface area (Å²) in [6.45, 7) is 0. The minimum Gasteiger partial charge on any atom is -0.455 e. The molecule has 0 unspecified atom stereocenters. The summed E-state index contributed by atoms with van der Waals surface area (Å²) in [5, 5.41) is 2.17. The largest absolute Gasteiger partial charge is 0.455 e. The lowest BCUT2D eigenvalue weighted by Gasteiger charge is -2.04. The lowest BCUT2D eigenvalue weighted by atomic mass is 10.1. The summed E-state index contributed by atoms with van der Waals surface area (Å²) in [5.41, 5.74) is 1.72. The van der Waals surface area contributed by atoms with Gasteiger partial charge in [-0.3, -0.25) is 0 Å². The topological polar surface area (TPSA) is 13.1 Å². The molecule has 17 heavy (non-hydrogen) atoms. The van der Waals surface area contributed by atoms with Crippen molar-refractivity contribution in [2.24, 2.45) is 0 Å². The highest BCUT2D eigenvalue weighted by Crippen LogP contribution is 2.46. The number of furan rings is 1. The first-order valence-corrected chi connectivity index (χ1v) is 7.91. The van der Waals surface area contributed by atoms with Crippen molar-refractivity contribution >= 4 is 85.7 Å². The Morgan fingerprint density at radius 1 is 0.765 bits per heavy atom. The second-order valence-electron chi connectivity index (χ2n) is 3.56. The van der Waals surface area contributed by atoms with Crippen LogP contribution in [0.25, 0.3) is 21.9 Å². The van der Waals surface area contributed by atoms with E-state index >= 15 is 0 Å². The van der Waals surface area contributed by atoms with Crippen LogP contribution in [0.4, 0.5) is 0 Å². The van der Waals surface area contributed by atoms with Crippen LogP contribution in [-0.4, -0.2) is 0 Å². The van der Waals surface area contributed by atoms with Crippen molar-refractivity contribution in [2.45, 2.75) is 0 Å². The molecule has 0 radical (unpaired) electrons. The van der Waals surface area contributed by atoms with Gasteiger partial charge in [-0.2, -0.15) is 0 Å². The zero-order valence-corrected chi connectivity index (χ0v) is 14.6. The predicted molar refractivity (Wildman–Crippen MR) is 84.5 cm³/mol. The van der Waals surface area contributed by atoms with Crippen molar-refractivity contribution in [1.82, 2.24) is 0 Å². The highest BCUT2D eigenvalue weighted by atomic mass is 79.9. The third-order valence-electron chi connectivity index (χ3n) is 2.59. The van der Waals surface area contributed by atoms with E-state index in [2.05, 4.69) is 69.8 Å². The molecule has 0 aliphatic rings. The summed E-state index contributed by atoms with van der Waals surface area (Å²) in [7, 11) is 0. The van der Waals surface area contributed by atoms with E-state index in [4.69, 9.17) is 4.42 Å². The predicted octanol–water partition coefficient (Wildman–Crippen LogP) is 6.64. The van der Waals surface area contributed by atoms with Gasteiger partial charge in [-0.1, -0.05) is 18.2 Å². The van der Waals surface area contributed by atoms with E-state index in [9.17, 15) is 0 Å². The molecule has 1 aromatic heterocycles. The molecule has 0 saturated heterocycles. The van der Waals surface area contributed by atoms with E-state index in [0.29, 0.717) is 0 Å². The normalized spacial score (nSPS) is 11.5. The lowest BCUT2D eigenvalue weighted by Crippen LogP contribution is -1.78. The zero-order valence-electron chi connectivity index (χ0n) is 8.23. The van der Waals surface area contributed by atoms with Crippen LogP contribution in [-0.2, 0) is 0 Å². The molecule has 0 N–H and O–H groups in total. The fourth-order valence-corrected chi connectivity index (χ4v) is 4.20. The van der Waals surface area contributed by atoms with Gasteiger partial charge in [0.1, 0.15) is 5.58 Å². The highest BCUT2D eigenvalue weighted by Gasteiger charge is 2.19. The maximum Gasteiger partial charge on any atom is 0.151 e. The summed E-state index contributed by atoms with van der Waals surface area (Å²) in [4.78, 5) is 0. The number of hydrogen-bond acceptors (Lipinski definition) is 1. The standard InChI is InChI=1S/C12H4Br4O/c13-8-7-5-3-1-2-4-6(5)17-12(7)11(16)10(15)9(8)14/h1-4H. The molecule has 1 nitrogen and oxygen atoms in total. The van der Waals surface area contributed by atoms with Gasteiger partial charge in [-0.15, -0.1) is 0 Å². The molecule has 0 saturated carbocycles. The van der Waals surface area contributed by atoms with Crippen molar-refractivity contribution < 1.29 is 4.42 Å². The highest BCUT2D eigenvalue weighted by molar-refractivity contribution is 9.15. The van der Waals surface area contributed by atoms with Crippen molar-refractivity contribution in [1.29, 1.82) is 0 Å². The van der Waals surface area contributed by atoms with Gasteiger partial charge in [-0.25, -0.2) is 0 Å². The minimum atomic E-state index is 0.841. The van der Waals surface area contributed by atoms with Crippen LogP contribution in [0.15, 0.2) is 46.6 Å². The van der Waals surface area contributed by atoms with Crippen LogP contribution in [0.5, 0.6) is 0 Å². The monoisotopic (exact) mass is 480 g/mol. The Balaban J connectivity index is 2.67. The second-order valence-corrected chi connectivity index (χ2v) is 6.73. The number of rotatable bonds is 0. The van der Waals surface area contributed by atoms with Crippen LogP contribution < -0.4 is 0 Å².